The first-order chi connectivity index (χ1) is 5.29. The van der Waals surface area contributed by atoms with Crippen LogP contribution in [0.15, 0.2) is 36.4 Å². The molecule has 0 aliphatic rings. The molecule has 0 heterocycles. The van der Waals surface area contributed by atoms with Gasteiger partial charge in [-0.15, -0.1) is 12.4 Å². The van der Waals surface area contributed by atoms with Gasteiger partial charge in [-0.25, -0.2) is 0 Å². The molecule has 1 rings (SSSR count). The van der Waals surface area contributed by atoms with Crippen LogP contribution in [0.1, 0.15) is 5.56 Å². The van der Waals surface area contributed by atoms with Crippen LogP contribution < -0.4 is 5.73 Å². The molecule has 0 saturated carbocycles. The lowest BCUT2D eigenvalue weighted by Crippen LogP contribution is -2.04. The second kappa shape index (κ2) is 5.38. The molecule has 0 fully saturated rings. The summed E-state index contributed by atoms with van der Waals surface area (Å²) in [6, 6.07) is 9.53. The SMILES string of the molecule is Cl.NC(=O)/C=C/c1ccccc1. The van der Waals surface area contributed by atoms with Crippen molar-refractivity contribution in [2.24, 2.45) is 5.73 Å². The molecule has 0 radical (unpaired) electrons. The zero-order chi connectivity index (χ0) is 8.10. The van der Waals surface area contributed by atoms with Crippen molar-refractivity contribution >= 4 is 24.4 Å². The van der Waals surface area contributed by atoms with Gasteiger partial charge in [0.05, 0.1) is 0 Å². The zero-order valence-corrected chi connectivity index (χ0v) is 7.25. The number of amides is 1. The van der Waals surface area contributed by atoms with Crippen LogP contribution >= 0.6 is 12.4 Å². The van der Waals surface area contributed by atoms with Crippen molar-refractivity contribution in [1.29, 1.82) is 0 Å². The minimum absolute atomic E-state index is 0. The molecule has 3 heteroatoms. The van der Waals surface area contributed by atoms with Crippen LogP contribution in [-0.2, 0) is 4.79 Å². The monoisotopic (exact) mass is 183 g/mol. The maximum Gasteiger partial charge on any atom is 0.241 e. The quantitative estimate of drug-likeness (QED) is 0.696. The fourth-order valence-electron chi connectivity index (χ4n) is 0.743. The van der Waals surface area contributed by atoms with Crippen LogP contribution in [-0.4, -0.2) is 5.91 Å². The molecule has 0 aromatic heterocycles. The average molecular weight is 184 g/mol. The topological polar surface area (TPSA) is 43.1 Å². The molecule has 0 spiro atoms. The van der Waals surface area contributed by atoms with Gasteiger partial charge in [-0.1, -0.05) is 30.3 Å². The summed E-state index contributed by atoms with van der Waals surface area (Å²) < 4.78 is 0. The fourth-order valence-corrected chi connectivity index (χ4v) is 0.743. The van der Waals surface area contributed by atoms with Crippen LogP contribution in [0.25, 0.3) is 6.08 Å². The second-order valence-corrected chi connectivity index (χ2v) is 2.15. The Balaban J connectivity index is 0.00000121. The number of primary amides is 1. The lowest BCUT2D eigenvalue weighted by atomic mass is 10.2. The van der Waals surface area contributed by atoms with Crippen molar-refractivity contribution in [2.45, 2.75) is 0 Å². The standard InChI is InChI=1S/C9H9NO.ClH/c10-9(11)7-6-8-4-2-1-3-5-8;/h1-7H,(H2,10,11);1H/b7-6+;. The summed E-state index contributed by atoms with van der Waals surface area (Å²) in [5, 5.41) is 0. The van der Waals surface area contributed by atoms with Gasteiger partial charge in [-0.3, -0.25) is 4.79 Å². The average Bonchev–Trinajstić information content (AvgIpc) is 2.03. The van der Waals surface area contributed by atoms with Crippen molar-refractivity contribution in [3.05, 3.63) is 42.0 Å². The summed E-state index contributed by atoms with van der Waals surface area (Å²) in [6.45, 7) is 0. The Bertz CT molecular complexity index is 269. The Morgan fingerprint density at radius 1 is 1.25 bits per heavy atom. The van der Waals surface area contributed by atoms with E-state index in [0.717, 1.165) is 5.56 Å². The van der Waals surface area contributed by atoms with Gasteiger partial charge in [0.15, 0.2) is 0 Å². The molecule has 64 valence electrons. The van der Waals surface area contributed by atoms with Crippen LogP contribution in [0.3, 0.4) is 0 Å². The molecule has 12 heavy (non-hydrogen) atoms. The highest BCUT2D eigenvalue weighted by molar-refractivity contribution is 5.90. The van der Waals surface area contributed by atoms with Crippen LogP contribution in [0.2, 0.25) is 0 Å². The maximum atomic E-state index is 10.3. The van der Waals surface area contributed by atoms with Crippen molar-refractivity contribution in [1.82, 2.24) is 0 Å². The predicted molar refractivity (Wildman–Crippen MR) is 51.9 cm³/mol. The van der Waals surface area contributed by atoms with Gasteiger partial charge < -0.3 is 5.73 Å². The van der Waals surface area contributed by atoms with Crippen molar-refractivity contribution in [2.75, 3.05) is 0 Å². The Morgan fingerprint density at radius 3 is 2.33 bits per heavy atom. The van der Waals surface area contributed by atoms with Crippen molar-refractivity contribution in [3.63, 3.8) is 0 Å². The summed E-state index contributed by atoms with van der Waals surface area (Å²) in [4.78, 5) is 10.3. The number of halogens is 1. The summed E-state index contributed by atoms with van der Waals surface area (Å²) in [6.07, 6.45) is 3.03. The molecule has 0 bridgehead atoms. The Morgan fingerprint density at radius 2 is 1.83 bits per heavy atom. The smallest absolute Gasteiger partial charge is 0.241 e. The van der Waals surface area contributed by atoms with Crippen molar-refractivity contribution in [3.8, 4) is 0 Å². The number of rotatable bonds is 2. The van der Waals surface area contributed by atoms with Crippen LogP contribution in [0, 0.1) is 0 Å². The maximum absolute atomic E-state index is 10.3. The van der Waals surface area contributed by atoms with Gasteiger partial charge in [0.1, 0.15) is 0 Å². The minimum atomic E-state index is -0.422. The van der Waals surface area contributed by atoms with E-state index < -0.39 is 5.91 Å². The summed E-state index contributed by atoms with van der Waals surface area (Å²) in [7, 11) is 0. The highest BCUT2D eigenvalue weighted by Crippen LogP contribution is 1.99. The van der Waals surface area contributed by atoms with E-state index >= 15 is 0 Å². The van der Waals surface area contributed by atoms with E-state index in [1.807, 2.05) is 30.3 Å². The Labute approximate surface area is 77.5 Å². The lowest BCUT2D eigenvalue weighted by molar-refractivity contribution is -0.113. The molecule has 0 aliphatic heterocycles. The molecule has 2 nitrogen and oxygen atoms in total. The highest BCUT2D eigenvalue weighted by Gasteiger charge is 1.84. The number of hydrogen-bond acceptors (Lipinski definition) is 1. The zero-order valence-electron chi connectivity index (χ0n) is 6.44. The molecule has 0 saturated heterocycles. The third kappa shape index (κ3) is 3.78. The molecule has 0 atom stereocenters. The first kappa shape index (κ1) is 10.7. The molecule has 2 N–H and O–H groups in total. The van der Waals surface area contributed by atoms with Gasteiger partial charge in [0, 0.05) is 6.08 Å². The Kier molecular flexibility index (Phi) is 4.81. The number of carbonyl (C=O) groups is 1. The van der Waals surface area contributed by atoms with E-state index in [1.165, 1.54) is 6.08 Å². The molecule has 0 unspecified atom stereocenters. The highest BCUT2D eigenvalue weighted by atomic mass is 35.5. The van der Waals surface area contributed by atoms with E-state index in [4.69, 9.17) is 5.73 Å². The number of nitrogens with two attached hydrogens (primary N) is 1. The molecular weight excluding hydrogens is 174 g/mol. The second-order valence-electron chi connectivity index (χ2n) is 2.15. The van der Waals surface area contributed by atoms with Gasteiger partial charge in [0.2, 0.25) is 5.91 Å². The fraction of sp³-hybridized carbons (Fsp3) is 0. The lowest BCUT2D eigenvalue weighted by Gasteiger charge is -1.88. The van der Waals surface area contributed by atoms with Gasteiger partial charge in [0.25, 0.3) is 0 Å². The first-order valence-corrected chi connectivity index (χ1v) is 3.31. The number of hydrogen-bond donors (Lipinski definition) is 1. The summed E-state index contributed by atoms with van der Waals surface area (Å²) in [5.41, 5.74) is 5.89. The van der Waals surface area contributed by atoms with E-state index in [1.54, 1.807) is 6.08 Å². The largest absolute Gasteiger partial charge is 0.366 e. The van der Waals surface area contributed by atoms with E-state index in [-0.39, 0.29) is 12.4 Å². The molecular formula is C9H10ClNO. The molecule has 0 aliphatic carbocycles. The van der Waals surface area contributed by atoms with Crippen molar-refractivity contribution < 1.29 is 4.79 Å². The van der Waals surface area contributed by atoms with Gasteiger partial charge in [-0.2, -0.15) is 0 Å². The first-order valence-electron chi connectivity index (χ1n) is 3.31. The van der Waals surface area contributed by atoms with E-state index in [2.05, 4.69) is 0 Å². The summed E-state index contributed by atoms with van der Waals surface area (Å²) in [5.74, 6) is -0.422. The van der Waals surface area contributed by atoms with Crippen LogP contribution in [0.4, 0.5) is 0 Å². The van der Waals surface area contributed by atoms with E-state index in [9.17, 15) is 4.79 Å². The summed E-state index contributed by atoms with van der Waals surface area (Å²) >= 11 is 0. The van der Waals surface area contributed by atoms with Gasteiger partial charge >= 0.3 is 0 Å². The van der Waals surface area contributed by atoms with Gasteiger partial charge in [-0.05, 0) is 11.6 Å². The number of carbonyl (C=O) groups excluding carboxylic acids is 1. The molecule has 1 amide bonds. The Hall–Kier alpha value is -1.28. The molecule has 1 aromatic carbocycles. The predicted octanol–water partition coefficient (Wildman–Crippen LogP) is 1.61. The third-order valence-corrected chi connectivity index (χ3v) is 1.24. The van der Waals surface area contributed by atoms with Crippen LogP contribution in [0.5, 0.6) is 0 Å². The van der Waals surface area contributed by atoms with E-state index in [0.29, 0.717) is 0 Å². The number of benzene rings is 1. The minimum Gasteiger partial charge on any atom is -0.366 e. The molecule has 1 aromatic rings. The third-order valence-electron chi connectivity index (χ3n) is 1.24. The normalized spacial score (nSPS) is 9.33.